The van der Waals surface area contributed by atoms with Gasteiger partial charge in [-0.15, -0.1) is 0 Å². The lowest BCUT2D eigenvalue weighted by molar-refractivity contribution is -0.386. The summed E-state index contributed by atoms with van der Waals surface area (Å²) in [4.78, 5) is 10.5. The van der Waals surface area contributed by atoms with E-state index in [1.807, 2.05) is 6.92 Å². The highest BCUT2D eigenvalue weighted by Crippen LogP contribution is 2.42. The van der Waals surface area contributed by atoms with Gasteiger partial charge >= 0.3 is 5.69 Å². The van der Waals surface area contributed by atoms with Crippen LogP contribution < -0.4 is 9.47 Å². The fourth-order valence-corrected chi connectivity index (χ4v) is 2.00. The van der Waals surface area contributed by atoms with Crippen molar-refractivity contribution in [3.8, 4) is 11.5 Å². The van der Waals surface area contributed by atoms with Crippen LogP contribution in [0, 0.1) is 10.1 Å². The minimum Gasteiger partial charge on any atom is -0.486 e. The maximum Gasteiger partial charge on any atom is 0.315 e. The lowest BCUT2D eigenvalue weighted by Gasteiger charge is -2.20. The number of nitro benzene ring substituents is 1. The second kappa shape index (κ2) is 5.22. The van der Waals surface area contributed by atoms with Crippen LogP contribution >= 0.6 is 0 Å². The summed E-state index contributed by atoms with van der Waals surface area (Å²) < 4.78 is 10.7. The van der Waals surface area contributed by atoms with Crippen molar-refractivity contribution in [2.45, 2.75) is 19.3 Å². The highest BCUT2D eigenvalue weighted by Gasteiger charge is 2.26. The Morgan fingerprint density at radius 3 is 2.78 bits per heavy atom. The zero-order chi connectivity index (χ0) is 13.1. The fourth-order valence-electron chi connectivity index (χ4n) is 2.00. The van der Waals surface area contributed by atoms with Gasteiger partial charge < -0.3 is 14.6 Å². The van der Waals surface area contributed by atoms with E-state index in [2.05, 4.69) is 0 Å². The second-order valence-electron chi connectivity index (χ2n) is 4.11. The number of nitrogens with zero attached hydrogens (tertiary/aromatic N) is 1. The van der Waals surface area contributed by atoms with Gasteiger partial charge in [0, 0.05) is 18.6 Å². The van der Waals surface area contributed by atoms with Crippen molar-refractivity contribution in [1.82, 2.24) is 0 Å². The molecule has 1 heterocycles. The number of aliphatic hydroxyl groups excluding tert-OH is 1. The van der Waals surface area contributed by atoms with Crippen LogP contribution in [0.1, 0.15) is 24.8 Å². The van der Waals surface area contributed by atoms with Crippen molar-refractivity contribution in [2.75, 3.05) is 19.8 Å². The monoisotopic (exact) mass is 253 g/mol. The number of hydrogen-bond donors (Lipinski definition) is 1. The second-order valence-corrected chi connectivity index (χ2v) is 4.11. The Bertz CT molecular complexity index is 456. The lowest BCUT2D eigenvalue weighted by atomic mass is 9.96. The third-order valence-corrected chi connectivity index (χ3v) is 3.03. The molecular formula is C12H15NO5. The van der Waals surface area contributed by atoms with Crippen LogP contribution in [0.3, 0.4) is 0 Å². The smallest absolute Gasteiger partial charge is 0.315 e. The molecule has 1 aromatic carbocycles. The molecule has 0 amide bonds. The molecule has 0 aromatic heterocycles. The van der Waals surface area contributed by atoms with Gasteiger partial charge in [-0.3, -0.25) is 10.1 Å². The van der Waals surface area contributed by atoms with Gasteiger partial charge in [-0.1, -0.05) is 6.92 Å². The third-order valence-electron chi connectivity index (χ3n) is 3.03. The number of hydrogen-bond acceptors (Lipinski definition) is 5. The van der Waals surface area contributed by atoms with Crippen LogP contribution in [-0.4, -0.2) is 29.9 Å². The van der Waals surface area contributed by atoms with E-state index in [-0.39, 0.29) is 24.0 Å². The summed E-state index contributed by atoms with van der Waals surface area (Å²) in [6.45, 7) is 2.56. The highest BCUT2D eigenvalue weighted by atomic mass is 16.6. The van der Waals surface area contributed by atoms with Gasteiger partial charge in [0.25, 0.3) is 0 Å². The molecule has 1 unspecified atom stereocenters. The molecule has 1 atom stereocenters. The van der Waals surface area contributed by atoms with Crippen LogP contribution in [0.4, 0.5) is 5.69 Å². The van der Waals surface area contributed by atoms with Gasteiger partial charge in [-0.2, -0.15) is 0 Å². The predicted molar refractivity (Wildman–Crippen MR) is 64.2 cm³/mol. The first-order valence-electron chi connectivity index (χ1n) is 5.86. The first kappa shape index (κ1) is 12.6. The summed E-state index contributed by atoms with van der Waals surface area (Å²) in [6, 6.07) is 3.17. The third kappa shape index (κ3) is 2.24. The summed E-state index contributed by atoms with van der Waals surface area (Å²) in [5.41, 5.74) is 0.602. The number of nitro groups is 1. The normalized spacial score (nSPS) is 15.2. The van der Waals surface area contributed by atoms with Gasteiger partial charge in [0.15, 0.2) is 5.75 Å². The first-order valence-corrected chi connectivity index (χ1v) is 5.86. The highest BCUT2D eigenvalue weighted by molar-refractivity contribution is 5.59. The predicted octanol–water partition coefficient (Wildman–Crippen LogP) is 1.85. The molecule has 1 aliphatic rings. The van der Waals surface area contributed by atoms with Gasteiger partial charge in [0.2, 0.25) is 5.75 Å². The van der Waals surface area contributed by atoms with Crippen molar-refractivity contribution in [3.63, 3.8) is 0 Å². The summed E-state index contributed by atoms with van der Waals surface area (Å²) >= 11 is 0. The van der Waals surface area contributed by atoms with E-state index in [4.69, 9.17) is 9.47 Å². The number of ether oxygens (including phenoxy) is 2. The number of fused-ring (bicyclic) bond motifs is 1. The minimum absolute atomic E-state index is 0.0483. The minimum atomic E-state index is -0.485. The Hall–Kier alpha value is -1.82. The number of aliphatic hydroxyl groups is 1. The van der Waals surface area contributed by atoms with Crippen LogP contribution in [0.2, 0.25) is 0 Å². The van der Waals surface area contributed by atoms with E-state index < -0.39 is 4.92 Å². The Balaban J connectivity index is 2.50. The van der Waals surface area contributed by atoms with E-state index in [0.717, 1.165) is 0 Å². The lowest BCUT2D eigenvalue weighted by Crippen LogP contribution is -2.17. The van der Waals surface area contributed by atoms with E-state index in [0.29, 0.717) is 30.9 Å². The Labute approximate surface area is 104 Å². The molecule has 0 fully saturated rings. The molecule has 18 heavy (non-hydrogen) atoms. The average Bonchev–Trinajstić information content (AvgIpc) is 2.39. The molecule has 1 aromatic rings. The van der Waals surface area contributed by atoms with Crippen molar-refractivity contribution in [1.29, 1.82) is 0 Å². The van der Waals surface area contributed by atoms with Crippen LogP contribution in [0.15, 0.2) is 12.1 Å². The molecule has 0 radical (unpaired) electrons. The summed E-state index contributed by atoms with van der Waals surface area (Å²) in [5, 5.41) is 20.3. The summed E-state index contributed by atoms with van der Waals surface area (Å²) in [5.74, 6) is 0.444. The molecule has 0 saturated carbocycles. The average molecular weight is 253 g/mol. The van der Waals surface area contributed by atoms with E-state index in [1.54, 1.807) is 6.07 Å². The van der Waals surface area contributed by atoms with E-state index >= 15 is 0 Å². The summed E-state index contributed by atoms with van der Waals surface area (Å²) in [7, 11) is 0. The molecule has 0 spiro atoms. The van der Waals surface area contributed by atoms with Crippen molar-refractivity contribution in [2.24, 2.45) is 0 Å². The van der Waals surface area contributed by atoms with Crippen LogP contribution in [0.25, 0.3) is 0 Å². The zero-order valence-corrected chi connectivity index (χ0v) is 10.1. The van der Waals surface area contributed by atoms with Crippen molar-refractivity contribution >= 4 is 5.69 Å². The quantitative estimate of drug-likeness (QED) is 0.654. The molecular weight excluding hydrogens is 238 g/mol. The number of benzene rings is 1. The standard InChI is InChI=1S/C12H15NO5/c1-2-8(7-14)9-5-10(13(15)16)12-11(6-9)17-3-4-18-12/h5-6,8,14H,2-4,7H2,1H3. The topological polar surface area (TPSA) is 81.8 Å². The number of rotatable bonds is 4. The van der Waals surface area contributed by atoms with E-state index in [9.17, 15) is 15.2 Å². The Kier molecular flexibility index (Phi) is 3.66. The van der Waals surface area contributed by atoms with Crippen LogP contribution in [0.5, 0.6) is 11.5 Å². The van der Waals surface area contributed by atoms with Crippen molar-refractivity contribution in [3.05, 3.63) is 27.8 Å². The van der Waals surface area contributed by atoms with Gasteiger partial charge in [-0.05, 0) is 18.1 Å². The molecule has 98 valence electrons. The Morgan fingerprint density at radius 2 is 2.17 bits per heavy atom. The molecule has 1 aliphatic heterocycles. The maximum absolute atomic E-state index is 11.0. The van der Waals surface area contributed by atoms with Crippen molar-refractivity contribution < 1.29 is 19.5 Å². The van der Waals surface area contributed by atoms with Gasteiger partial charge in [0.05, 0.1) is 4.92 Å². The maximum atomic E-state index is 11.0. The Morgan fingerprint density at radius 1 is 1.44 bits per heavy atom. The SMILES string of the molecule is CCC(CO)c1cc2c(c([N+](=O)[O-])c1)OCCO2. The molecule has 6 nitrogen and oxygen atoms in total. The molecule has 2 rings (SSSR count). The van der Waals surface area contributed by atoms with Gasteiger partial charge in [-0.25, -0.2) is 0 Å². The molecule has 0 saturated heterocycles. The molecule has 0 aliphatic carbocycles. The van der Waals surface area contributed by atoms with Crippen LogP contribution in [-0.2, 0) is 0 Å². The van der Waals surface area contributed by atoms with E-state index in [1.165, 1.54) is 6.07 Å². The zero-order valence-electron chi connectivity index (χ0n) is 10.1. The largest absolute Gasteiger partial charge is 0.486 e. The van der Waals surface area contributed by atoms with Gasteiger partial charge in [0.1, 0.15) is 13.2 Å². The first-order chi connectivity index (χ1) is 8.67. The molecule has 1 N–H and O–H groups in total. The summed E-state index contributed by atoms with van der Waals surface area (Å²) in [6.07, 6.45) is 0.702. The molecule has 0 bridgehead atoms. The molecule has 6 heteroatoms. The fraction of sp³-hybridized carbons (Fsp3) is 0.500.